The van der Waals surface area contributed by atoms with E-state index in [4.69, 9.17) is 28.8 Å². The van der Waals surface area contributed by atoms with E-state index in [0.29, 0.717) is 31.3 Å². The second-order valence-corrected chi connectivity index (χ2v) is 10.8. The van der Waals surface area contributed by atoms with Gasteiger partial charge in [-0.15, -0.1) is 0 Å². The first kappa shape index (κ1) is 22.5. The quantitative estimate of drug-likeness (QED) is 0.380. The topological polar surface area (TPSA) is 57.9 Å². The van der Waals surface area contributed by atoms with Crippen molar-refractivity contribution in [3.05, 3.63) is 80.1 Å². The summed E-state index contributed by atoms with van der Waals surface area (Å²) in [4.78, 5) is 35.6. The summed E-state index contributed by atoms with van der Waals surface area (Å²) in [6, 6.07) is 12.8. The molecule has 0 saturated carbocycles. The maximum atomic E-state index is 13.4. The molecule has 2 aliphatic heterocycles. The molecule has 5 rings (SSSR count). The van der Waals surface area contributed by atoms with Crippen LogP contribution >= 0.6 is 47.3 Å². The maximum Gasteiger partial charge on any atom is 0.267 e. The predicted octanol–water partition coefficient (Wildman–Crippen LogP) is 4.30. The van der Waals surface area contributed by atoms with Gasteiger partial charge in [0.2, 0.25) is 0 Å². The average molecular weight is 515 g/mol. The lowest BCUT2D eigenvalue weighted by Gasteiger charge is -2.28. The summed E-state index contributed by atoms with van der Waals surface area (Å²) >= 11 is 14.9. The van der Waals surface area contributed by atoms with Crippen LogP contribution in [-0.2, 0) is 11.3 Å². The van der Waals surface area contributed by atoms with Crippen LogP contribution in [0.15, 0.2) is 58.4 Å². The van der Waals surface area contributed by atoms with Crippen molar-refractivity contribution in [3.8, 4) is 0 Å². The summed E-state index contributed by atoms with van der Waals surface area (Å²) in [5.41, 5.74) is 1.60. The highest BCUT2D eigenvalue weighted by Crippen LogP contribution is 2.35. The molecule has 0 radical (unpaired) electrons. The standard InChI is InChI=1S/C23H19ClN4O2S3/c24-17-6-2-1-5-15(17)14-28-22(30)18(33-23(28)31)13-16-20(26-9-11-32-12-10-26)25-19-7-3-4-8-27(19)21(16)29/h1-8,13H,9-12,14H2/b18-13-. The third kappa shape index (κ3) is 4.42. The van der Waals surface area contributed by atoms with Crippen LogP contribution in [0.1, 0.15) is 11.1 Å². The number of rotatable bonds is 4. The van der Waals surface area contributed by atoms with E-state index < -0.39 is 0 Å². The Balaban J connectivity index is 1.56. The van der Waals surface area contributed by atoms with Crippen molar-refractivity contribution in [2.45, 2.75) is 6.54 Å². The third-order valence-corrected chi connectivity index (χ3v) is 8.18. The number of thioether (sulfide) groups is 2. The Hall–Kier alpha value is -2.33. The van der Waals surface area contributed by atoms with Crippen molar-refractivity contribution in [1.82, 2.24) is 14.3 Å². The van der Waals surface area contributed by atoms with E-state index in [0.717, 1.165) is 30.2 Å². The Bertz CT molecular complexity index is 1350. The molecule has 0 atom stereocenters. The number of pyridine rings is 1. The number of benzene rings is 1. The van der Waals surface area contributed by atoms with Crippen molar-refractivity contribution < 1.29 is 4.79 Å². The van der Waals surface area contributed by atoms with Gasteiger partial charge in [-0.25, -0.2) is 4.98 Å². The van der Waals surface area contributed by atoms with E-state index in [1.165, 1.54) is 21.1 Å². The number of carbonyl (C=O) groups is 1. The summed E-state index contributed by atoms with van der Waals surface area (Å²) in [5, 5.41) is 0.581. The monoisotopic (exact) mass is 514 g/mol. The second-order valence-electron chi connectivity index (χ2n) is 7.54. The van der Waals surface area contributed by atoms with E-state index in [-0.39, 0.29) is 18.0 Å². The average Bonchev–Trinajstić information content (AvgIpc) is 3.10. The number of fused-ring (bicyclic) bond motifs is 1. The molecule has 1 aromatic carbocycles. The van der Waals surface area contributed by atoms with E-state index in [9.17, 15) is 9.59 Å². The molecule has 168 valence electrons. The minimum absolute atomic E-state index is 0.204. The number of amides is 1. The Labute approximate surface area is 209 Å². The fraction of sp³-hybridized carbons (Fsp3) is 0.217. The third-order valence-electron chi connectivity index (χ3n) is 5.49. The smallest absolute Gasteiger partial charge is 0.267 e. The van der Waals surface area contributed by atoms with Gasteiger partial charge < -0.3 is 4.90 Å². The number of hydrogen-bond donors (Lipinski definition) is 0. The number of anilines is 1. The summed E-state index contributed by atoms with van der Waals surface area (Å²) in [5.74, 6) is 2.32. The molecule has 33 heavy (non-hydrogen) atoms. The lowest BCUT2D eigenvalue weighted by molar-refractivity contribution is -0.122. The summed E-state index contributed by atoms with van der Waals surface area (Å²) in [6.07, 6.45) is 3.35. The molecule has 0 spiro atoms. The van der Waals surface area contributed by atoms with E-state index >= 15 is 0 Å². The Morgan fingerprint density at radius 2 is 1.85 bits per heavy atom. The Kier molecular flexibility index (Phi) is 6.47. The summed E-state index contributed by atoms with van der Waals surface area (Å²) < 4.78 is 1.95. The number of nitrogens with zero attached hydrogens (tertiary/aromatic N) is 4. The maximum absolute atomic E-state index is 13.4. The summed E-state index contributed by atoms with van der Waals surface area (Å²) in [6.45, 7) is 1.88. The zero-order chi connectivity index (χ0) is 22.9. The van der Waals surface area contributed by atoms with Gasteiger partial charge in [0.05, 0.1) is 17.0 Å². The molecule has 6 nitrogen and oxygen atoms in total. The minimum Gasteiger partial charge on any atom is -0.354 e. The first-order valence-corrected chi connectivity index (χ1v) is 13.1. The van der Waals surface area contributed by atoms with Crippen LogP contribution in [0.5, 0.6) is 0 Å². The summed E-state index contributed by atoms with van der Waals surface area (Å²) in [7, 11) is 0. The Morgan fingerprint density at radius 1 is 1.09 bits per heavy atom. The van der Waals surface area contributed by atoms with E-state index in [1.807, 2.05) is 42.1 Å². The molecule has 2 saturated heterocycles. The van der Waals surface area contributed by atoms with Crippen LogP contribution in [0.4, 0.5) is 5.82 Å². The highest BCUT2D eigenvalue weighted by atomic mass is 35.5. The molecule has 3 aromatic rings. The number of thiocarbonyl (C=S) groups is 1. The van der Waals surface area contributed by atoms with E-state index in [2.05, 4.69) is 4.90 Å². The molecule has 0 bridgehead atoms. The SMILES string of the molecule is O=C1/C(=C/c2c(N3CCSCC3)nc3ccccn3c2=O)SC(=S)N1Cc1ccccc1Cl. The second kappa shape index (κ2) is 9.50. The fourth-order valence-corrected chi connectivity index (χ4v) is 6.13. The molecule has 0 aliphatic carbocycles. The van der Waals surface area contributed by atoms with Gasteiger partial charge in [-0.2, -0.15) is 11.8 Å². The first-order chi connectivity index (χ1) is 16.0. The first-order valence-electron chi connectivity index (χ1n) is 10.4. The van der Waals surface area contributed by atoms with Gasteiger partial charge in [0.15, 0.2) is 0 Å². The number of hydrogen-bond acceptors (Lipinski definition) is 7. The van der Waals surface area contributed by atoms with Crippen LogP contribution in [0.2, 0.25) is 5.02 Å². The van der Waals surface area contributed by atoms with Crippen molar-refractivity contribution in [3.63, 3.8) is 0 Å². The van der Waals surface area contributed by atoms with Crippen LogP contribution in [0, 0.1) is 0 Å². The minimum atomic E-state index is -0.234. The van der Waals surface area contributed by atoms with Crippen LogP contribution in [-0.4, -0.2) is 49.1 Å². The van der Waals surface area contributed by atoms with Gasteiger partial charge in [-0.3, -0.25) is 18.9 Å². The van der Waals surface area contributed by atoms with Crippen molar-refractivity contribution in [1.29, 1.82) is 0 Å². The van der Waals surface area contributed by atoms with Crippen LogP contribution < -0.4 is 10.5 Å². The van der Waals surface area contributed by atoms with Gasteiger partial charge in [0.25, 0.3) is 11.5 Å². The normalized spacial score (nSPS) is 18.0. The lowest BCUT2D eigenvalue weighted by Crippen LogP contribution is -2.35. The van der Waals surface area contributed by atoms with Gasteiger partial charge in [-0.1, -0.05) is 59.8 Å². The molecule has 10 heteroatoms. The highest BCUT2D eigenvalue weighted by molar-refractivity contribution is 8.26. The largest absolute Gasteiger partial charge is 0.354 e. The highest BCUT2D eigenvalue weighted by Gasteiger charge is 2.33. The zero-order valence-electron chi connectivity index (χ0n) is 17.4. The van der Waals surface area contributed by atoms with Crippen molar-refractivity contribution in [2.75, 3.05) is 29.5 Å². The molecule has 2 fully saturated rings. The van der Waals surface area contributed by atoms with E-state index in [1.54, 1.807) is 24.4 Å². The molecule has 0 N–H and O–H groups in total. The van der Waals surface area contributed by atoms with Gasteiger partial charge >= 0.3 is 0 Å². The molecular formula is C23H19ClN4O2S3. The van der Waals surface area contributed by atoms with Crippen molar-refractivity contribution >= 4 is 75.1 Å². The molecular weight excluding hydrogens is 496 g/mol. The number of halogens is 1. The molecule has 2 aliphatic rings. The fourth-order valence-electron chi connectivity index (χ4n) is 3.80. The van der Waals surface area contributed by atoms with Crippen LogP contribution in [0.25, 0.3) is 11.7 Å². The molecule has 2 aromatic heterocycles. The predicted molar refractivity (Wildman–Crippen MR) is 141 cm³/mol. The van der Waals surface area contributed by atoms with Gasteiger partial charge in [0, 0.05) is 35.8 Å². The van der Waals surface area contributed by atoms with Gasteiger partial charge in [-0.05, 0) is 29.8 Å². The van der Waals surface area contributed by atoms with Crippen LogP contribution in [0.3, 0.4) is 0 Å². The molecule has 4 heterocycles. The molecule has 0 unspecified atom stereocenters. The van der Waals surface area contributed by atoms with Gasteiger partial charge in [0.1, 0.15) is 15.8 Å². The molecule has 1 amide bonds. The number of carbonyl (C=O) groups excluding carboxylic acids is 1. The zero-order valence-corrected chi connectivity index (χ0v) is 20.6. The lowest BCUT2D eigenvalue weighted by atomic mass is 10.2. The number of aromatic nitrogens is 2. The Morgan fingerprint density at radius 3 is 2.64 bits per heavy atom. The van der Waals surface area contributed by atoms with Crippen molar-refractivity contribution in [2.24, 2.45) is 0 Å².